The fourth-order valence-corrected chi connectivity index (χ4v) is 4.64. The molecule has 0 amide bonds. The maximum atomic E-state index is 13.6. The number of hydrogen-bond acceptors (Lipinski definition) is 3. The van der Waals surface area contributed by atoms with Crippen LogP contribution in [-0.2, 0) is 14.3 Å². The minimum absolute atomic E-state index is 0.00524. The molecule has 0 aliphatic heterocycles. The molecular weight excluding hydrogens is 372 g/mol. The van der Waals surface area contributed by atoms with E-state index < -0.39 is 5.41 Å². The fourth-order valence-electron chi connectivity index (χ4n) is 4.64. The number of carbonyl (C=O) groups excluding carboxylic acids is 2. The van der Waals surface area contributed by atoms with Crippen LogP contribution in [0, 0.1) is 16.7 Å². The standard InChI is InChI=1S/C27H44O3/c1-20(2)10-9-15-26(7)19-24(28)27(16-13-22(5)6,17-14-25(29)30-8)18-23(26)12-11-21(3)4/h10-11,13,23H,9,12,14-19H2,1-8H3/t23-,26-,27-/m0/s1. The summed E-state index contributed by atoms with van der Waals surface area (Å²) < 4.78 is 4.89. The summed E-state index contributed by atoms with van der Waals surface area (Å²) in [5.41, 5.74) is 3.41. The second-order valence-electron chi connectivity index (χ2n) is 10.3. The van der Waals surface area contributed by atoms with Crippen LogP contribution in [0.4, 0.5) is 0 Å². The third-order valence-corrected chi connectivity index (χ3v) is 6.79. The largest absolute Gasteiger partial charge is 0.469 e. The number of carbonyl (C=O) groups is 2. The molecule has 3 nitrogen and oxygen atoms in total. The van der Waals surface area contributed by atoms with Gasteiger partial charge < -0.3 is 4.74 Å². The SMILES string of the molecule is COC(=O)CC[C@@]1(CC=C(C)C)C[C@H](CC=C(C)C)[C@@](C)(CCC=C(C)C)CC1=O. The molecule has 170 valence electrons. The lowest BCUT2D eigenvalue weighted by Gasteiger charge is -2.49. The van der Waals surface area contributed by atoms with Gasteiger partial charge in [0.15, 0.2) is 0 Å². The fraction of sp³-hybridized carbons (Fsp3) is 0.704. The summed E-state index contributed by atoms with van der Waals surface area (Å²) in [4.78, 5) is 25.5. The quantitative estimate of drug-likeness (QED) is 0.276. The van der Waals surface area contributed by atoms with Crippen molar-refractivity contribution in [3.8, 4) is 0 Å². The molecule has 1 rings (SSSR count). The third-order valence-electron chi connectivity index (χ3n) is 6.79. The Morgan fingerprint density at radius 2 is 1.60 bits per heavy atom. The van der Waals surface area contributed by atoms with Crippen molar-refractivity contribution >= 4 is 11.8 Å². The van der Waals surface area contributed by atoms with Crippen molar-refractivity contribution in [3.63, 3.8) is 0 Å². The summed E-state index contributed by atoms with van der Waals surface area (Å²) >= 11 is 0. The highest BCUT2D eigenvalue weighted by atomic mass is 16.5. The number of allylic oxidation sites excluding steroid dienone is 6. The Labute approximate surface area is 185 Å². The first-order chi connectivity index (χ1) is 13.9. The predicted molar refractivity (Wildman–Crippen MR) is 126 cm³/mol. The van der Waals surface area contributed by atoms with Crippen molar-refractivity contribution in [3.05, 3.63) is 34.9 Å². The lowest BCUT2D eigenvalue weighted by Crippen LogP contribution is -2.47. The lowest BCUT2D eigenvalue weighted by molar-refractivity contribution is -0.145. The summed E-state index contributed by atoms with van der Waals surface area (Å²) in [5, 5.41) is 0. The molecule has 1 aliphatic carbocycles. The van der Waals surface area contributed by atoms with E-state index in [0.29, 0.717) is 31.0 Å². The van der Waals surface area contributed by atoms with E-state index in [4.69, 9.17) is 4.74 Å². The molecule has 3 atom stereocenters. The number of methoxy groups -OCH3 is 1. The van der Waals surface area contributed by atoms with Gasteiger partial charge in [0.05, 0.1) is 7.11 Å². The van der Waals surface area contributed by atoms with Crippen molar-refractivity contribution in [2.45, 2.75) is 99.8 Å². The van der Waals surface area contributed by atoms with Gasteiger partial charge in [-0.05, 0) is 91.4 Å². The molecule has 1 saturated carbocycles. The Balaban J connectivity index is 3.26. The van der Waals surface area contributed by atoms with Gasteiger partial charge in [-0.25, -0.2) is 0 Å². The van der Waals surface area contributed by atoms with E-state index in [2.05, 4.69) is 66.7 Å². The molecule has 3 heteroatoms. The Bertz CT molecular complexity index is 685. The van der Waals surface area contributed by atoms with Gasteiger partial charge in [0, 0.05) is 18.3 Å². The highest BCUT2D eigenvalue weighted by molar-refractivity contribution is 5.87. The average Bonchev–Trinajstić information content (AvgIpc) is 2.65. The highest BCUT2D eigenvalue weighted by Crippen LogP contribution is 2.54. The highest BCUT2D eigenvalue weighted by Gasteiger charge is 2.50. The Morgan fingerprint density at radius 3 is 2.13 bits per heavy atom. The van der Waals surface area contributed by atoms with Crippen LogP contribution in [0.1, 0.15) is 99.8 Å². The maximum absolute atomic E-state index is 13.6. The van der Waals surface area contributed by atoms with E-state index in [1.54, 1.807) is 0 Å². The van der Waals surface area contributed by atoms with Crippen LogP contribution in [0.15, 0.2) is 34.9 Å². The number of esters is 1. The second kappa shape index (κ2) is 11.7. The summed E-state index contributed by atoms with van der Waals surface area (Å²) in [6.45, 7) is 15.0. The van der Waals surface area contributed by atoms with Crippen LogP contribution < -0.4 is 0 Å². The van der Waals surface area contributed by atoms with Crippen LogP contribution in [0.2, 0.25) is 0 Å². The predicted octanol–water partition coefficient (Wildman–Crippen LogP) is 7.37. The zero-order chi connectivity index (χ0) is 22.9. The molecule has 0 aromatic heterocycles. The number of hydrogen-bond donors (Lipinski definition) is 0. The average molecular weight is 417 g/mol. The van der Waals surface area contributed by atoms with E-state index in [1.807, 2.05) is 0 Å². The second-order valence-corrected chi connectivity index (χ2v) is 10.3. The summed E-state index contributed by atoms with van der Waals surface area (Å²) in [6, 6.07) is 0. The molecular formula is C27H44O3. The lowest BCUT2D eigenvalue weighted by atomic mass is 9.54. The van der Waals surface area contributed by atoms with Crippen LogP contribution in [0.5, 0.6) is 0 Å². The van der Waals surface area contributed by atoms with Crippen LogP contribution in [-0.4, -0.2) is 18.9 Å². The van der Waals surface area contributed by atoms with Crippen LogP contribution >= 0.6 is 0 Å². The van der Waals surface area contributed by atoms with Gasteiger partial charge in [0.2, 0.25) is 0 Å². The molecule has 1 aliphatic rings. The first-order valence-corrected chi connectivity index (χ1v) is 11.4. The molecule has 0 unspecified atom stereocenters. The van der Waals surface area contributed by atoms with E-state index >= 15 is 0 Å². The summed E-state index contributed by atoms with van der Waals surface area (Å²) in [6.07, 6.45) is 12.9. The zero-order valence-electron chi connectivity index (χ0n) is 20.7. The summed E-state index contributed by atoms with van der Waals surface area (Å²) in [7, 11) is 1.42. The van der Waals surface area contributed by atoms with Gasteiger partial charge in [-0.15, -0.1) is 0 Å². The van der Waals surface area contributed by atoms with E-state index in [-0.39, 0.29) is 11.4 Å². The van der Waals surface area contributed by atoms with Crippen molar-refractivity contribution in [2.75, 3.05) is 7.11 Å². The molecule has 30 heavy (non-hydrogen) atoms. The number of ether oxygens (including phenoxy) is 1. The minimum atomic E-state index is -0.457. The Hall–Kier alpha value is -1.64. The Morgan fingerprint density at radius 1 is 1.00 bits per heavy atom. The molecule has 0 aromatic carbocycles. The van der Waals surface area contributed by atoms with Gasteiger partial charge >= 0.3 is 5.97 Å². The van der Waals surface area contributed by atoms with Gasteiger partial charge in [-0.1, -0.05) is 41.9 Å². The van der Waals surface area contributed by atoms with E-state index in [0.717, 1.165) is 32.1 Å². The third kappa shape index (κ3) is 7.89. The number of Topliss-reactive ketones (excluding diaryl/α,β-unsaturated/α-hetero) is 1. The monoisotopic (exact) mass is 416 g/mol. The van der Waals surface area contributed by atoms with Gasteiger partial charge in [0.1, 0.15) is 5.78 Å². The van der Waals surface area contributed by atoms with Gasteiger partial charge in [0.25, 0.3) is 0 Å². The first kappa shape index (κ1) is 26.4. The zero-order valence-corrected chi connectivity index (χ0v) is 20.7. The molecule has 0 radical (unpaired) electrons. The van der Waals surface area contributed by atoms with Crippen LogP contribution in [0.3, 0.4) is 0 Å². The van der Waals surface area contributed by atoms with Crippen molar-refractivity contribution < 1.29 is 14.3 Å². The Kier molecular flexibility index (Phi) is 10.3. The molecule has 0 saturated heterocycles. The minimum Gasteiger partial charge on any atom is -0.469 e. The van der Waals surface area contributed by atoms with Crippen molar-refractivity contribution in [1.82, 2.24) is 0 Å². The number of rotatable bonds is 10. The topological polar surface area (TPSA) is 43.4 Å². The van der Waals surface area contributed by atoms with E-state index in [1.165, 1.54) is 23.8 Å². The van der Waals surface area contributed by atoms with Gasteiger partial charge in [-0.2, -0.15) is 0 Å². The smallest absolute Gasteiger partial charge is 0.305 e. The van der Waals surface area contributed by atoms with Crippen molar-refractivity contribution in [2.24, 2.45) is 16.7 Å². The normalized spacial score (nSPS) is 26.0. The molecule has 1 fully saturated rings. The maximum Gasteiger partial charge on any atom is 0.305 e. The first-order valence-electron chi connectivity index (χ1n) is 11.4. The summed E-state index contributed by atoms with van der Waals surface area (Å²) in [5.74, 6) is 0.535. The molecule has 0 spiro atoms. The number of ketones is 1. The van der Waals surface area contributed by atoms with E-state index in [9.17, 15) is 9.59 Å². The molecule has 0 bridgehead atoms. The van der Waals surface area contributed by atoms with Gasteiger partial charge in [-0.3, -0.25) is 9.59 Å². The molecule has 0 aromatic rings. The van der Waals surface area contributed by atoms with Crippen LogP contribution in [0.25, 0.3) is 0 Å². The molecule has 0 N–H and O–H groups in total. The van der Waals surface area contributed by atoms with Crippen molar-refractivity contribution in [1.29, 1.82) is 0 Å². The molecule has 0 heterocycles.